The number of carbonyl (C=O) groups excluding carboxylic acids is 1. The fourth-order valence-corrected chi connectivity index (χ4v) is 2.81. The molecule has 1 heterocycles. The van der Waals surface area contributed by atoms with Crippen molar-refractivity contribution < 1.29 is 9.21 Å². The van der Waals surface area contributed by atoms with Gasteiger partial charge in [-0.1, -0.05) is 18.9 Å². The van der Waals surface area contributed by atoms with Crippen molar-refractivity contribution in [3.05, 3.63) is 30.7 Å². The van der Waals surface area contributed by atoms with Gasteiger partial charge in [0.1, 0.15) is 0 Å². The Hall–Kier alpha value is -2.21. The van der Waals surface area contributed by atoms with Gasteiger partial charge in [0.25, 0.3) is 0 Å². The summed E-state index contributed by atoms with van der Waals surface area (Å²) in [6.07, 6.45) is 5.69. The lowest BCUT2D eigenvalue weighted by molar-refractivity contribution is -0.117. The average Bonchev–Trinajstić information content (AvgIpc) is 3.10. The fraction of sp³-hybridized carbons (Fsp3) is 0.400. The molecule has 1 amide bonds. The molecule has 3 rings (SSSR count). The highest BCUT2D eigenvalue weighted by molar-refractivity contribution is 5.92. The molecule has 0 spiro atoms. The van der Waals surface area contributed by atoms with Crippen LogP contribution in [0.3, 0.4) is 0 Å². The molecule has 0 saturated heterocycles. The van der Waals surface area contributed by atoms with Crippen molar-refractivity contribution in [1.82, 2.24) is 10.2 Å². The lowest BCUT2D eigenvalue weighted by atomic mass is 9.94. The third kappa shape index (κ3) is 3.28. The standard InChI is InChI=1S/C15H18N4O2/c16-15(6-1-2-7-15)9-13(20)18-12-5-3-4-11(8-12)14-19-17-10-21-14/h3-5,8,10H,1-2,6-7,9,16H2,(H,18,20). The largest absolute Gasteiger partial charge is 0.423 e. The third-order valence-corrected chi connectivity index (χ3v) is 3.87. The van der Waals surface area contributed by atoms with E-state index in [0.717, 1.165) is 31.2 Å². The normalized spacial score (nSPS) is 16.8. The Labute approximate surface area is 122 Å². The van der Waals surface area contributed by atoms with Gasteiger partial charge >= 0.3 is 0 Å². The molecule has 1 aromatic heterocycles. The van der Waals surface area contributed by atoms with Gasteiger partial charge in [-0.05, 0) is 31.0 Å². The minimum atomic E-state index is -0.339. The van der Waals surface area contributed by atoms with Gasteiger partial charge in [0.15, 0.2) is 0 Å². The Morgan fingerprint density at radius 1 is 1.38 bits per heavy atom. The molecule has 0 bridgehead atoms. The zero-order valence-electron chi connectivity index (χ0n) is 11.7. The van der Waals surface area contributed by atoms with Crippen molar-refractivity contribution in [2.45, 2.75) is 37.6 Å². The number of benzene rings is 1. The highest BCUT2D eigenvalue weighted by atomic mass is 16.4. The Kier molecular flexibility index (Phi) is 3.70. The Balaban J connectivity index is 1.67. The van der Waals surface area contributed by atoms with Crippen LogP contribution in [0, 0.1) is 0 Å². The number of aromatic nitrogens is 2. The van der Waals surface area contributed by atoms with E-state index in [-0.39, 0.29) is 11.4 Å². The van der Waals surface area contributed by atoms with Crippen LogP contribution in [0.2, 0.25) is 0 Å². The van der Waals surface area contributed by atoms with Crippen LogP contribution in [-0.2, 0) is 4.79 Å². The predicted molar refractivity (Wildman–Crippen MR) is 78.4 cm³/mol. The number of nitrogens with two attached hydrogens (primary N) is 1. The second-order valence-corrected chi connectivity index (χ2v) is 5.62. The van der Waals surface area contributed by atoms with E-state index in [1.807, 2.05) is 24.3 Å². The number of nitrogens with zero attached hydrogens (tertiary/aromatic N) is 2. The van der Waals surface area contributed by atoms with Crippen LogP contribution < -0.4 is 11.1 Å². The van der Waals surface area contributed by atoms with Gasteiger partial charge in [-0.2, -0.15) is 0 Å². The maximum Gasteiger partial charge on any atom is 0.247 e. The summed E-state index contributed by atoms with van der Waals surface area (Å²) in [6.45, 7) is 0. The van der Waals surface area contributed by atoms with Gasteiger partial charge in [-0.15, -0.1) is 10.2 Å². The second kappa shape index (κ2) is 5.65. The molecule has 0 unspecified atom stereocenters. The van der Waals surface area contributed by atoms with Crippen molar-refractivity contribution in [3.8, 4) is 11.5 Å². The van der Waals surface area contributed by atoms with E-state index in [2.05, 4.69) is 15.5 Å². The summed E-state index contributed by atoms with van der Waals surface area (Å²) in [6, 6.07) is 7.33. The minimum absolute atomic E-state index is 0.0536. The Morgan fingerprint density at radius 3 is 2.90 bits per heavy atom. The molecular formula is C15H18N4O2. The predicted octanol–water partition coefficient (Wildman–Crippen LogP) is 2.34. The van der Waals surface area contributed by atoms with Gasteiger partial charge in [0.2, 0.25) is 18.2 Å². The van der Waals surface area contributed by atoms with Crippen LogP contribution in [0.1, 0.15) is 32.1 Å². The quantitative estimate of drug-likeness (QED) is 0.899. The number of amides is 1. The molecule has 3 N–H and O–H groups in total. The van der Waals surface area contributed by atoms with Crippen molar-refractivity contribution in [3.63, 3.8) is 0 Å². The highest BCUT2D eigenvalue weighted by Gasteiger charge is 2.31. The lowest BCUT2D eigenvalue weighted by Gasteiger charge is -2.22. The van der Waals surface area contributed by atoms with Crippen molar-refractivity contribution in [2.75, 3.05) is 5.32 Å². The summed E-state index contributed by atoms with van der Waals surface area (Å²) in [5.74, 6) is 0.374. The van der Waals surface area contributed by atoms with Crippen LogP contribution in [-0.4, -0.2) is 21.6 Å². The third-order valence-electron chi connectivity index (χ3n) is 3.87. The van der Waals surface area contributed by atoms with Gasteiger partial charge in [-0.3, -0.25) is 4.79 Å². The number of hydrogen-bond acceptors (Lipinski definition) is 5. The molecule has 0 atom stereocenters. The van der Waals surface area contributed by atoms with E-state index in [1.165, 1.54) is 6.39 Å². The van der Waals surface area contributed by atoms with Crippen LogP contribution in [0.15, 0.2) is 35.1 Å². The van der Waals surface area contributed by atoms with E-state index in [1.54, 1.807) is 0 Å². The number of nitrogens with one attached hydrogen (secondary N) is 1. The Morgan fingerprint density at radius 2 is 2.19 bits per heavy atom. The van der Waals surface area contributed by atoms with Crippen molar-refractivity contribution in [2.24, 2.45) is 5.73 Å². The molecule has 1 saturated carbocycles. The molecule has 6 nitrogen and oxygen atoms in total. The van der Waals surface area contributed by atoms with Crippen LogP contribution in [0.4, 0.5) is 5.69 Å². The van der Waals surface area contributed by atoms with Crippen LogP contribution in [0.5, 0.6) is 0 Å². The van der Waals surface area contributed by atoms with E-state index in [0.29, 0.717) is 18.0 Å². The molecule has 6 heteroatoms. The SMILES string of the molecule is NC1(CC(=O)Nc2cccc(-c3nnco3)c2)CCCC1. The van der Waals surface area contributed by atoms with Crippen LogP contribution in [0.25, 0.3) is 11.5 Å². The van der Waals surface area contributed by atoms with Gasteiger partial charge in [-0.25, -0.2) is 0 Å². The molecule has 1 aromatic carbocycles. The molecule has 110 valence electrons. The summed E-state index contributed by atoms with van der Waals surface area (Å²) in [4.78, 5) is 12.1. The summed E-state index contributed by atoms with van der Waals surface area (Å²) in [5.41, 5.74) is 7.37. The molecule has 21 heavy (non-hydrogen) atoms. The maximum absolute atomic E-state index is 12.1. The first-order valence-electron chi connectivity index (χ1n) is 7.10. The molecule has 0 radical (unpaired) electrons. The van der Waals surface area contributed by atoms with Crippen LogP contribution >= 0.6 is 0 Å². The van der Waals surface area contributed by atoms with Gasteiger partial charge in [0, 0.05) is 23.2 Å². The minimum Gasteiger partial charge on any atom is -0.423 e. The second-order valence-electron chi connectivity index (χ2n) is 5.62. The first-order chi connectivity index (χ1) is 10.1. The summed E-state index contributed by atoms with van der Waals surface area (Å²) in [7, 11) is 0. The molecule has 1 aliphatic rings. The van der Waals surface area contributed by atoms with E-state index in [4.69, 9.17) is 10.2 Å². The lowest BCUT2D eigenvalue weighted by Crippen LogP contribution is -2.40. The number of carbonyl (C=O) groups is 1. The zero-order valence-corrected chi connectivity index (χ0v) is 11.7. The number of anilines is 1. The fourth-order valence-electron chi connectivity index (χ4n) is 2.81. The smallest absolute Gasteiger partial charge is 0.247 e. The molecule has 1 fully saturated rings. The van der Waals surface area contributed by atoms with E-state index >= 15 is 0 Å². The summed E-state index contributed by atoms with van der Waals surface area (Å²) >= 11 is 0. The maximum atomic E-state index is 12.1. The number of hydrogen-bond donors (Lipinski definition) is 2. The monoisotopic (exact) mass is 286 g/mol. The molecule has 0 aliphatic heterocycles. The first-order valence-corrected chi connectivity index (χ1v) is 7.10. The van der Waals surface area contributed by atoms with Crippen molar-refractivity contribution >= 4 is 11.6 Å². The average molecular weight is 286 g/mol. The highest BCUT2D eigenvalue weighted by Crippen LogP contribution is 2.30. The van der Waals surface area contributed by atoms with Crippen molar-refractivity contribution in [1.29, 1.82) is 0 Å². The molecule has 2 aromatic rings. The van der Waals surface area contributed by atoms with Gasteiger partial charge in [0.05, 0.1) is 0 Å². The molecule has 1 aliphatic carbocycles. The van der Waals surface area contributed by atoms with E-state index < -0.39 is 0 Å². The molecular weight excluding hydrogens is 268 g/mol. The van der Waals surface area contributed by atoms with Gasteiger partial charge < -0.3 is 15.5 Å². The Bertz CT molecular complexity index is 618. The number of rotatable bonds is 4. The van der Waals surface area contributed by atoms with E-state index in [9.17, 15) is 4.79 Å². The topological polar surface area (TPSA) is 94.0 Å². The summed E-state index contributed by atoms with van der Waals surface area (Å²) in [5, 5.41) is 10.4. The zero-order chi connectivity index (χ0) is 14.7. The first kappa shape index (κ1) is 13.8. The summed E-state index contributed by atoms with van der Waals surface area (Å²) < 4.78 is 5.15.